The van der Waals surface area contributed by atoms with Crippen LogP contribution in [-0.2, 0) is 0 Å². The number of hydrogen-bond donors (Lipinski definition) is 1. The van der Waals surface area contributed by atoms with Crippen LogP contribution in [0.3, 0.4) is 0 Å². The minimum Gasteiger partial charge on any atom is -0.390 e. The molecule has 1 atom stereocenters. The Morgan fingerprint density at radius 3 is 2.57 bits per heavy atom. The zero-order valence-electron chi connectivity index (χ0n) is 9.47. The average molecular weight is 196 g/mol. The Labute approximate surface area is 88.2 Å². The number of allylic oxidation sites excluding steroid dienone is 1. The lowest BCUT2D eigenvalue weighted by atomic mass is 9.80. The topological polar surface area (TPSA) is 20.2 Å². The van der Waals surface area contributed by atoms with E-state index < -0.39 is 5.60 Å². The number of rotatable bonds is 5. The van der Waals surface area contributed by atoms with Gasteiger partial charge in [0.15, 0.2) is 0 Å². The average Bonchev–Trinajstić information content (AvgIpc) is 2.16. The van der Waals surface area contributed by atoms with Crippen molar-refractivity contribution in [3.8, 4) is 0 Å². The Kier molecular flexibility index (Phi) is 4.67. The van der Waals surface area contributed by atoms with Gasteiger partial charge in [-0.3, -0.25) is 0 Å². The molecule has 14 heavy (non-hydrogen) atoms. The zero-order chi connectivity index (χ0) is 10.4. The summed E-state index contributed by atoms with van der Waals surface area (Å²) in [4.78, 5) is 0. The molecule has 0 radical (unpaired) electrons. The van der Waals surface area contributed by atoms with E-state index in [1.807, 2.05) is 13.0 Å². The maximum Gasteiger partial charge on any atom is 0.0625 e. The Balaban J connectivity index is 2.28. The summed E-state index contributed by atoms with van der Waals surface area (Å²) in [7, 11) is 0. The van der Waals surface area contributed by atoms with Crippen molar-refractivity contribution >= 4 is 0 Å². The third-order valence-corrected chi connectivity index (χ3v) is 3.34. The largest absolute Gasteiger partial charge is 0.390 e. The molecule has 0 aliphatic heterocycles. The van der Waals surface area contributed by atoms with E-state index in [4.69, 9.17) is 0 Å². The van der Waals surface area contributed by atoms with Gasteiger partial charge in [0.05, 0.1) is 5.60 Å². The van der Waals surface area contributed by atoms with Crippen molar-refractivity contribution in [2.24, 2.45) is 5.92 Å². The highest BCUT2D eigenvalue weighted by Crippen LogP contribution is 2.32. The first kappa shape index (κ1) is 11.8. The van der Waals surface area contributed by atoms with E-state index in [9.17, 15) is 5.11 Å². The van der Waals surface area contributed by atoms with Crippen LogP contribution in [0, 0.1) is 5.92 Å². The van der Waals surface area contributed by atoms with Crippen LogP contribution in [0.15, 0.2) is 12.7 Å². The SMILES string of the molecule is C=CCCC(C)(O)CC1CCCCC1. The Hall–Kier alpha value is -0.300. The first-order valence-electron chi connectivity index (χ1n) is 5.97. The van der Waals surface area contributed by atoms with E-state index in [0.717, 1.165) is 25.2 Å². The molecule has 1 fully saturated rings. The molecule has 0 heterocycles. The van der Waals surface area contributed by atoms with Gasteiger partial charge in [0, 0.05) is 0 Å². The van der Waals surface area contributed by atoms with Crippen molar-refractivity contribution in [1.29, 1.82) is 0 Å². The molecule has 0 aromatic heterocycles. The van der Waals surface area contributed by atoms with E-state index >= 15 is 0 Å². The molecule has 1 unspecified atom stereocenters. The van der Waals surface area contributed by atoms with Gasteiger partial charge in [0.2, 0.25) is 0 Å². The highest BCUT2D eigenvalue weighted by atomic mass is 16.3. The van der Waals surface area contributed by atoms with E-state index in [2.05, 4.69) is 6.58 Å². The quantitative estimate of drug-likeness (QED) is 0.665. The minimum absolute atomic E-state index is 0.462. The van der Waals surface area contributed by atoms with Gasteiger partial charge in [-0.15, -0.1) is 6.58 Å². The van der Waals surface area contributed by atoms with Crippen LogP contribution in [0.2, 0.25) is 0 Å². The second kappa shape index (κ2) is 5.55. The van der Waals surface area contributed by atoms with Crippen LogP contribution in [0.4, 0.5) is 0 Å². The molecule has 0 spiro atoms. The number of aliphatic hydroxyl groups is 1. The predicted molar refractivity (Wildman–Crippen MR) is 61.2 cm³/mol. The molecular formula is C13H24O. The maximum atomic E-state index is 10.2. The molecule has 0 saturated heterocycles. The smallest absolute Gasteiger partial charge is 0.0625 e. The summed E-state index contributed by atoms with van der Waals surface area (Å²) in [5.41, 5.74) is -0.462. The van der Waals surface area contributed by atoms with Gasteiger partial charge >= 0.3 is 0 Å². The van der Waals surface area contributed by atoms with Crippen molar-refractivity contribution < 1.29 is 5.11 Å². The van der Waals surface area contributed by atoms with Crippen LogP contribution in [0.25, 0.3) is 0 Å². The van der Waals surface area contributed by atoms with Crippen LogP contribution in [0.5, 0.6) is 0 Å². The van der Waals surface area contributed by atoms with Gasteiger partial charge in [0.25, 0.3) is 0 Å². The van der Waals surface area contributed by atoms with E-state index in [0.29, 0.717) is 0 Å². The van der Waals surface area contributed by atoms with Crippen molar-refractivity contribution in [2.45, 2.75) is 63.9 Å². The molecule has 82 valence electrons. The molecule has 1 aliphatic rings. The summed E-state index contributed by atoms with van der Waals surface area (Å²) in [5, 5.41) is 10.2. The zero-order valence-corrected chi connectivity index (χ0v) is 9.47. The fraction of sp³-hybridized carbons (Fsp3) is 0.846. The van der Waals surface area contributed by atoms with Crippen molar-refractivity contribution in [3.63, 3.8) is 0 Å². The molecule has 0 bridgehead atoms. The fourth-order valence-corrected chi connectivity index (χ4v) is 2.53. The minimum atomic E-state index is -0.462. The lowest BCUT2D eigenvalue weighted by molar-refractivity contribution is 0.0205. The third-order valence-electron chi connectivity index (χ3n) is 3.34. The molecule has 1 N–H and O–H groups in total. The summed E-state index contributed by atoms with van der Waals surface area (Å²) >= 11 is 0. The molecule has 1 aliphatic carbocycles. The fourth-order valence-electron chi connectivity index (χ4n) is 2.53. The monoisotopic (exact) mass is 196 g/mol. The van der Waals surface area contributed by atoms with Crippen LogP contribution < -0.4 is 0 Å². The van der Waals surface area contributed by atoms with Crippen LogP contribution >= 0.6 is 0 Å². The maximum absolute atomic E-state index is 10.2. The first-order chi connectivity index (χ1) is 6.64. The molecule has 0 amide bonds. The van der Waals surface area contributed by atoms with E-state index in [-0.39, 0.29) is 0 Å². The Morgan fingerprint density at radius 1 is 1.36 bits per heavy atom. The predicted octanol–water partition coefficient (Wildman–Crippen LogP) is 3.67. The second-order valence-electron chi connectivity index (χ2n) is 5.03. The van der Waals surface area contributed by atoms with Gasteiger partial charge < -0.3 is 5.11 Å². The Morgan fingerprint density at radius 2 is 2.00 bits per heavy atom. The second-order valence-corrected chi connectivity index (χ2v) is 5.03. The molecule has 1 rings (SSSR count). The molecule has 1 saturated carbocycles. The summed E-state index contributed by atoms with van der Waals surface area (Å²) in [6, 6.07) is 0. The van der Waals surface area contributed by atoms with Crippen molar-refractivity contribution in [1.82, 2.24) is 0 Å². The third kappa shape index (κ3) is 4.28. The lowest BCUT2D eigenvalue weighted by Crippen LogP contribution is -2.28. The number of hydrogen-bond acceptors (Lipinski definition) is 1. The summed E-state index contributed by atoms with van der Waals surface area (Å²) in [6.45, 7) is 5.68. The summed E-state index contributed by atoms with van der Waals surface area (Å²) in [6.07, 6.45) is 11.5. The van der Waals surface area contributed by atoms with Gasteiger partial charge in [-0.2, -0.15) is 0 Å². The molecule has 1 nitrogen and oxygen atoms in total. The van der Waals surface area contributed by atoms with Gasteiger partial charge in [-0.05, 0) is 32.1 Å². The normalized spacial score (nSPS) is 23.0. The van der Waals surface area contributed by atoms with Gasteiger partial charge in [-0.25, -0.2) is 0 Å². The standard InChI is InChI=1S/C13H24O/c1-3-4-10-13(2,14)11-12-8-6-5-7-9-12/h3,12,14H,1,4-11H2,2H3. The molecule has 1 heteroatoms. The highest BCUT2D eigenvalue weighted by molar-refractivity contribution is 4.81. The summed E-state index contributed by atoms with van der Waals surface area (Å²) in [5.74, 6) is 0.767. The van der Waals surface area contributed by atoms with E-state index in [1.165, 1.54) is 32.1 Å². The van der Waals surface area contributed by atoms with Crippen LogP contribution in [-0.4, -0.2) is 10.7 Å². The molecular weight excluding hydrogens is 172 g/mol. The first-order valence-corrected chi connectivity index (χ1v) is 5.97. The van der Waals surface area contributed by atoms with Crippen molar-refractivity contribution in [2.75, 3.05) is 0 Å². The molecule has 0 aromatic rings. The van der Waals surface area contributed by atoms with Crippen LogP contribution in [0.1, 0.15) is 58.3 Å². The van der Waals surface area contributed by atoms with Gasteiger partial charge in [-0.1, -0.05) is 38.2 Å². The Bertz CT molecular complexity index is 166. The highest BCUT2D eigenvalue weighted by Gasteiger charge is 2.25. The van der Waals surface area contributed by atoms with Crippen molar-refractivity contribution in [3.05, 3.63) is 12.7 Å². The molecule has 0 aromatic carbocycles. The van der Waals surface area contributed by atoms with E-state index in [1.54, 1.807) is 0 Å². The van der Waals surface area contributed by atoms with Gasteiger partial charge in [0.1, 0.15) is 0 Å². The summed E-state index contributed by atoms with van der Waals surface area (Å²) < 4.78 is 0. The lowest BCUT2D eigenvalue weighted by Gasteiger charge is -2.30.